The molecule has 222 valence electrons. The summed E-state index contributed by atoms with van der Waals surface area (Å²) in [5.74, 6) is -0.760. The van der Waals surface area contributed by atoms with Crippen molar-refractivity contribution in [2.45, 2.75) is 96.6 Å². The van der Waals surface area contributed by atoms with Crippen LogP contribution in [0.5, 0.6) is 5.75 Å². The second kappa shape index (κ2) is 14.3. The highest BCUT2D eigenvalue weighted by Gasteiger charge is 2.53. The van der Waals surface area contributed by atoms with Crippen LogP contribution in [0.1, 0.15) is 89.2 Å². The first-order chi connectivity index (χ1) is 19.0. The van der Waals surface area contributed by atoms with Crippen molar-refractivity contribution in [1.82, 2.24) is 5.32 Å². The minimum absolute atomic E-state index is 0.0990. The maximum atomic E-state index is 13.6. The van der Waals surface area contributed by atoms with E-state index in [-0.39, 0.29) is 29.8 Å². The van der Waals surface area contributed by atoms with E-state index in [9.17, 15) is 26.7 Å². The highest BCUT2D eigenvalue weighted by molar-refractivity contribution is 5.86. The summed E-state index contributed by atoms with van der Waals surface area (Å²) in [5, 5.41) is 2.70. The first-order valence-corrected chi connectivity index (χ1v) is 14.2. The summed E-state index contributed by atoms with van der Waals surface area (Å²) in [4.78, 5) is 12.7. The number of benzene rings is 2. The summed E-state index contributed by atoms with van der Waals surface area (Å²) in [6, 6.07) is 9.75. The van der Waals surface area contributed by atoms with Gasteiger partial charge in [0.05, 0.1) is 6.61 Å². The fraction of sp³-hybridized carbons (Fsp3) is 0.581. The van der Waals surface area contributed by atoms with Crippen LogP contribution in [0.4, 0.5) is 22.0 Å². The van der Waals surface area contributed by atoms with Gasteiger partial charge in [0.1, 0.15) is 23.0 Å². The number of rotatable bonds is 10. The molecule has 4 nitrogen and oxygen atoms in total. The fourth-order valence-electron chi connectivity index (χ4n) is 5.30. The number of hydrogen-bond donors (Lipinski definition) is 1. The average Bonchev–Trinajstić information content (AvgIpc) is 3.74. The van der Waals surface area contributed by atoms with Crippen LogP contribution >= 0.6 is 0 Å². The van der Waals surface area contributed by atoms with Crippen molar-refractivity contribution in [3.05, 3.63) is 65.2 Å². The zero-order chi connectivity index (χ0) is 29.3. The van der Waals surface area contributed by atoms with E-state index in [1.807, 2.05) is 12.1 Å². The summed E-state index contributed by atoms with van der Waals surface area (Å²) >= 11 is 0. The summed E-state index contributed by atoms with van der Waals surface area (Å²) in [6.07, 6.45) is 3.25. The Morgan fingerprint density at radius 2 is 1.68 bits per heavy atom. The third kappa shape index (κ3) is 9.46. The summed E-state index contributed by atoms with van der Waals surface area (Å²) in [6.45, 7) is 6.87. The first kappa shape index (κ1) is 31.8. The van der Waals surface area contributed by atoms with E-state index in [0.717, 1.165) is 31.4 Å². The minimum Gasteiger partial charge on any atom is -0.406 e. The van der Waals surface area contributed by atoms with E-state index in [4.69, 9.17) is 4.74 Å². The quantitative estimate of drug-likeness (QED) is 0.292. The van der Waals surface area contributed by atoms with E-state index >= 15 is 0 Å². The molecule has 0 radical (unpaired) electrons. The van der Waals surface area contributed by atoms with Gasteiger partial charge < -0.3 is 14.8 Å². The lowest BCUT2D eigenvalue weighted by atomic mass is 9.84. The van der Waals surface area contributed by atoms with E-state index in [1.54, 1.807) is 12.1 Å². The van der Waals surface area contributed by atoms with Crippen LogP contribution in [0.2, 0.25) is 0 Å². The van der Waals surface area contributed by atoms with Crippen LogP contribution < -0.4 is 10.1 Å². The Balaban J connectivity index is 0.000000267. The van der Waals surface area contributed by atoms with Crippen LogP contribution in [-0.2, 0) is 16.1 Å². The molecule has 1 saturated heterocycles. The zero-order valence-corrected chi connectivity index (χ0v) is 23.5. The molecule has 40 heavy (non-hydrogen) atoms. The van der Waals surface area contributed by atoms with Crippen LogP contribution in [0.15, 0.2) is 42.5 Å². The van der Waals surface area contributed by atoms with E-state index in [0.29, 0.717) is 30.9 Å². The van der Waals surface area contributed by atoms with E-state index in [2.05, 4.69) is 30.8 Å². The normalized spacial score (nSPS) is 21.0. The predicted octanol–water partition coefficient (Wildman–Crippen LogP) is 8.45. The molecule has 0 bridgehead atoms. The Kier molecular flexibility index (Phi) is 11.4. The van der Waals surface area contributed by atoms with E-state index in [1.165, 1.54) is 31.2 Å². The topological polar surface area (TPSA) is 47.6 Å². The molecule has 0 spiro atoms. The van der Waals surface area contributed by atoms with Gasteiger partial charge in [0, 0.05) is 12.6 Å². The summed E-state index contributed by atoms with van der Waals surface area (Å²) in [5.41, 5.74) is 0.605. The van der Waals surface area contributed by atoms with Gasteiger partial charge in [0.2, 0.25) is 0 Å². The molecule has 1 N–H and O–H groups in total. The van der Waals surface area contributed by atoms with Crippen molar-refractivity contribution in [3.8, 4) is 5.75 Å². The number of carbonyl (C=O) groups excluding carboxylic acids is 1. The number of amides is 1. The third-order valence-corrected chi connectivity index (χ3v) is 7.49. The Bertz CT molecular complexity index is 1070. The second-order valence-electron chi connectivity index (χ2n) is 11.0. The van der Waals surface area contributed by atoms with Crippen molar-refractivity contribution < 1.29 is 36.2 Å². The number of hydrogen-bond acceptors (Lipinski definition) is 3. The lowest BCUT2D eigenvalue weighted by Gasteiger charge is -2.38. The highest BCUT2D eigenvalue weighted by atomic mass is 19.4. The molecule has 2 aromatic carbocycles. The predicted molar refractivity (Wildman–Crippen MR) is 144 cm³/mol. The SMILES string of the molecule is CC1CC[C@@](C(=O)NCc2cc(F)cc(OC(F)(F)F)c2)(C2CC2)OC1.CCCC(CCC)c1ccc(F)cc1. The largest absolute Gasteiger partial charge is 0.573 e. The van der Waals surface area contributed by atoms with Gasteiger partial charge in [-0.1, -0.05) is 45.7 Å². The lowest BCUT2D eigenvalue weighted by molar-refractivity contribution is -0.274. The van der Waals surface area contributed by atoms with Crippen LogP contribution in [0, 0.1) is 23.5 Å². The third-order valence-electron chi connectivity index (χ3n) is 7.49. The average molecular weight is 570 g/mol. The molecule has 2 atom stereocenters. The fourth-order valence-corrected chi connectivity index (χ4v) is 5.30. The Morgan fingerprint density at radius 1 is 1.02 bits per heavy atom. The molecule has 1 aliphatic heterocycles. The molecule has 9 heteroatoms. The van der Waals surface area contributed by atoms with Crippen molar-refractivity contribution in [2.75, 3.05) is 6.61 Å². The molecule has 2 fully saturated rings. The van der Waals surface area contributed by atoms with Crippen molar-refractivity contribution in [3.63, 3.8) is 0 Å². The van der Waals surface area contributed by atoms with Crippen LogP contribution in [0.25, 0.3) is 0 Å². The van der Waals surface area contributed by atoms with Crippen molar-refractivity contribution >= 4 is 5.91 Å². The van der Waals surface area contributed by atoms with Gasteiger partial charge in [-0.05, 0) is 91.7 Å². The molecule has 1 aliphatic carbocycles. The van der Waals surface area contributed by atoms with Gasteiger partial charge in [0.25, 0.3) is 5.91 Å². The Hall–Kier alpha value is -2.68. The monoisotopic (exact) mass is 569 g/mol. The van der Waals surface area contributed by atoms with Gasteiger partial charge in [-0.15, -0.1) is 13.2 Å². The van der Waals surface area contributed by atoms with Gasteiger partial charge in [0.15, 0.2) is 0 Å². The molecule has 2 aromatic rings. The van der Waals surface area contributed by atoms with Crippen molar-refractivity contribution in [2.24, 2.45) is 11.8 Å². The first-order valence-electron chi connectivity index (χ1n) is 14.2. The molecule has 1 heterocycles. The molecule has 1 saturated carbocycles. The number of halogens is 5. The number of alkyl halides is 3. The molecule has 0 aromatic heterocycles. The summed E-state index contributed by atoms with van der Waals surface area (Å²) < 4.78 is 72.9. The standard InChI is InChI=1S/C18H21F4NO3.C13H19F/c1-11-4-5-17(25-10-11,13-2-3-13)16(24)23-9-12-6-14(19)8-15(7-12)26-18(20,21)22;1-3-5-11(6-4-2)12-7-9-13(14)10-8-12/h6-8,11,13H,2-5,9-10H2,1H3,(H,23,24);7-11H,3-6H2,1-2H3/t11?,17-;/m0./s1. The van der Waals surface area contributed by atoms with Gasteiger partial charge in [-0.2, -0.15) is 0 Å². The minimum atomic E-state index is -4.91. The zero-order valence-electron chi connectivity index (χ0n) is 23.5. The summed E-state index contributed by atoms with van der Waals surface area (Å²) in [7, 11) is 0. The number of carbonyl (C=O) groups is 1. The maximum Gasteiger partial charge on any atom is 0.573 e. The Morgan fingerprint density at radius 3 is 2.20 bits per heavy atom. The molecule has 4 rings (SSSR count). The van der Waals surface area contributed by atoms with Gasteiger partial charge in [-0.25, -0.2) is 8.78 Å². The second-order valence-corrected chi connectivity index (χ2v) is 11.0. The maximum absolute atomic E-state index is 13.6. The Labute approximate surface area is 233 Å². The molecule has 2 aliphatic rings. The molecule has 1 amide bonds. The van der Waals surface area contributed by atoms with Gasteiger partial charge >= 0.3 is 6.36 Å². The lowest BCUT2D eigenvalue weighted by Crippen LogP contribution is -2.53. The van der Waals surface area contributed by atoms with Crippen LogP contribution in [0.3, 0.4) is 0 Å². The van der Waals surface area contributed by atoms with E-state index < -0.39 is 23.5 Å². The smallest absolute Gasteiger partial charge is 0.406 e. The van der Waals surface area contributed by atoms with Gasteiger partial charge in [-0.3, -0.25) is 4.79 Å². The number of ether oxygens (including phenoxy) is 2. The van der Waals surface area contributed by atoms with Crippen LogP contribution in [-0.4, -0.2) is 24.5 Å². The number of nitrogens with one attached hydrogen (secondary N) is 1. The molecular weight excluding hydrogens is 529 g/mol. The molecular formula is C31H40F5NO3. The molecule has 1 unspecified atom stereocenters. The highest BCUT2D eigenvalue weighted by Crippen LogP contribution is 2.47. The van der Waals surface area contributed by atoms with Crippen molar-refractivity contribution in [1.29, 1.82) is 0 Å².